The molecular weight excluding hydrogens is 376 g/mol. The molecule has 1 heterocycles. The molecule has 25 heavy (non-hydrogen) atoms. The third-order valence-electron chi connectivity index (χ3n) is 3.86. The van der Waals surface area contributed by atoms with Crippen molar-refractivity contribution in [2.75, 3.05) is 0 Å². The molecule has 2 nitrogen and oxygen atoms in total. The van der Waals surface area contributed by atoms with Gasteiger partial charge in [-0.05, 0) is 49.2 Å². The van der Waals surface area contributed by atoms with E-state index in [1.807, 2.05) is 13.8 Å². The molecule has 132 valence electrons. The van der Waals surface area contributed by atoms with Crippen LogP contribution in [0.3, 0.4) is 0 Å². The van der Waals surface area contributed by atoms with Crippen LogP contribution in [0.15, 0.2) is 30.3 Å². The van der Waals surface area contributed by atoms with Gasteiger partial charge in [-0.2, -0.15) is 13.2 Å². The van der Waals surface area contributed by atoms with Crippen molar-refractivity contribution in [1.82, 2.24) is 0 Å². The molecule has 0 amide bonds. The Morgan fingerprint density at radius 1 is 0.960 bits per heavy atom. The monoisotopic (exact) mass is 388 g/mol. The zero-order valence-corrected chi connectivity index (χ0v) is 14.8. The summed E-state index contributed by atoms with van der Waals surface area (Å²) < 4.78 is 49.3. The number of aryl methyl sites for hydroxylation is 2. The predicted octanol–water partition coefficient (Wildman–Crippen LogP) is 6.74. The fraction of sp³-hybridized carbons (Fsp3) is 0.222. The first-order valence-electron chi connectivity index (χ1n) is 7.35. The number of rotatable bonds is 2. The second kappa shape index (κ2) is 6.46. The molecular formula is C18H13Cl2F3O2. The van der Waals surface area contributed by atoms with Crippen LogP contribution < -0.4 is 9.47 Å². The van der Waals surface area contributed by atoms with E-state index in [4.69, 9.17) is 32.7 Å². The molecule has 0 aliphatic carbocycles. The van der Waals surface area contributed by atoms with Gasteiger partial charge in [0.2, 0.25) is 6.10 Å². The third-order valence-corrected chi connectivity index (χ3v) is 4.45. The zero-order chi connectivity index (χ0) is 18.4. The van der Waals surface area contributed by atoms with Gasteiger partial charge in [0.15, 0.2) is 0 Å². The summed E-state index contributed by atoms with van der Waals surface area (Å²) in [6, 6.07) is 6.32. The minimum Gasteiger partial charge on any atom is -0.476 e. The number of benzene rings is 2. The van der Waals surface area contributed by atoms with Crippen molar-refractivity contribution >= 4 is 29.3 Å². The van der Waals surface area contributed by atoms with E-state index >= 15 is 0 Å². The van der Waals surface area contributed by atoms with Crippen LogP contribution >= 0.6 is 23.2 Å². The highest BCUT2D eigenvalue weighted by Gasteiger charge is 2.41. The van der Waals surface area contributed by atoms with Gasteiger partial charge in [0, 0.05) is 11.6 Å². The lowest BCUT2D eigenvalue weighted by molar-refractivity contribution is -0.180. The van der Waals surface area contributed by atoms with Crippen LogP contribution in [0.4, 0.5) is 13.2 Å². The molecule has 0 fully saturated rings. The number of alkyl halides is 3. The number of fused-ring (bicyclic) bond motifs is 1. The minimum absolute atomic E-state index is 0.0455. The molecule has 1 aliphatic rings. The molecule has 1 atom stereocenters. The third kappa shape index (κ3) is 3.72. The number of hydrogen-bond acceptors (Lipinski definition) is 2. The van der Waals surface area contributed by atoms with E-state index in [2.05, 4.69) is 0 Å². The normalized spacial score (nSPS) is 16.4. The van der Waals surface area contributed by atoms with Gasteiger partial charge in [-0.15, -0.1) is 0 Å². The largest absolute Gasteiger partial charge is 0.476 e. The van der Waals surface area contributed by atoms with E-state index in [0.717, 1.165) is 17.2 Å². The van der Waals surface area contributed by atoms with Crippen LogP contribution in [0.25, 0.3) is 6.08 Å². The van der Waals surface area contributed by atoms with E-state index < -0.39 is 12.3 Å². The highest BCUT2D eigenvalue weighted by atomic mass is 35.5. The lowest BCUT2D eigenvalue weighted by Crippen LogP contribution is -2.33. The number of ether oxygens (including phenoxy) is 2. The Kier molecular flexibility index (Phi) is 4.64. The van der Waals surface area contributed by atoms with Gasteiger partial charge in [-0.25, -0.2) is 0 Å². The van der Waals surface area contributed by atoms with Crippen LogP contribution in [0, 0.1) is 13.8 Å². The smallest absolute Gasteiger partial charge is 0.429 e. The summed E-state index contributed by atoms with van der Waals surface area (Å²) >= 11 is 12.4. The average molecular weight is 389 g/mol. The van der Waals surface area contributed by atoms with Crippen molar-refractivity contribution in [3.63, 3.8) is 0 Å². The summed E-state index contributed by atoms with van der Waals surface area (Å²) in [6.07, 6.45) is -4.22. The van der Waals surface area contributed by atoms with Crippen LogP contribution in [-0.2, 0) is 0 Å². The van der Waals surface area contributed by atoms with E-state index in [1.54, 1.807) is 12.1 Å². The average Bonchev–Trinajstić information content (AvgIpc) is 2.51. The van der Waals surface area contributed by atoms with Crippen LogP contribution in [0.2, 0.25) is 10.0 Å². The van der Waals surface area contributed by atoms with Crippen molar-refractivity contribution in [2.24, 2.45) is 0 Å². The maximum atomic E-state index is 12.8. The lowest BCUT2D eigenvalue weighted by Gasteiger charge is -2.24. The molecule has 0 spiro atoms. The molecule has 2 aromatic rings. The summed E-state index contributed by atoms with van der Waals surface area (Å²) in [5.74, 6) is 0.580. The summed E-state index contributed by atoms with van der Waals surface area (Å²) in [5.41, 5.74) is 2.41. The second-order valence-corrected chi connectivity index (χ2v) is 6.54. The highest BCUT2D eigenvalue weighted by molar-refractivity contribution is 6.33. The summed E-state index contributed by atoms with van der Waals surface area (Å²) in [5, 5.41) is 0.623. The van der Waals surface area contributed by atoms with Crippen molar-refractivity contribution in [3.8, 4) is 17.2 Å². The SMILES string of the molecule is Cc1cc(Cl)c(Oc2cc3c(cc2Cl)C=CC(C(F)(F)F)O3)cc1C. The van der Waals surface area contributed by atoms with Crippen LogP contribution in [0.1, 0.15) is 16.7 Å². The highest BCUT2D eigenvalue weighted by Crippen LogP contribution is 2.41. The van der Waals surface area contributed by atoms with Gasteiger partial charge in [-0.1, -0.05) is 29.3 Å². The maximum Gasteiger partial charge on any atom is 0.429 e. The Morgan fingerprint density at radius 2 is 1.56 bits per heavy atom. The lowest BCUT2D eigenvalue weighted by atomic mass is 10.1. The summed E-state index contributed by atoms with van der Waals surface area (Å²) in [6.45, 7) is 3.81. The van der Waals surface area contributed by atoms with E-state index in [0.29, 0.717) is 16.3 Å². The fourth-order valence-corrected chi connectivity index (χ4v) is 2.82. The maximum absolute atomic E-state index is 12.8. The molecule has 1 aliphatic heterocycles. The van der Waals surface area contributed by atoms with Gasteiger partial charge >= 0.3 is 6.18 Å². The van der Waals surface area contributed by atoms with E-state index in [9.17, 15) is 13.2 Å². The molecule has 0 saturated heterocycles. The van der Waals surface area contributed by atoms with Gasteiger partial charge in [0.1, 0.15) is 17.2 Å². The number of hydrogen-bond donors (Lipinski definition) is 0. The van der Waals surface area contributed by atoms with Crippen molar-refractivity contribution in [2.45, 2.75) is 26.1 Å². The van der Waals surface area contributed by atoms with Crippen molar-refractivity contribution < 1.29 is 22.6 Å². The summed E-state index contributed by atoms with van der Waals surface area (Å²) in [7, 11) is 0. The quantitative estimate of drug-likeness (QED) is 0.566. The molecule has 0 aromatic heterocycles. The second-order valence-electron chi connectivity index (χ2n) is 5.73. The first-order chi connectivity index (χ1) is 11.6. The van der Waals surface area contributed by atoms with Gasteiger partial charge < -0.3 is 9.47 Å². The minimum atomic E-state index is -4.49. The molecule has 0 N–H and O–H groups in total. The van der Waals surface area contributed by atoms with Crippen molar-refractivity contribution in [1.29, 1.82) is 0 Å². The standard InChI is InChI=1S/C18H13Cl2F3O2/c1-9-5-12(19)15(6-10(9)2)24-16-8-14-11(7-13(16)20)3-4-17(25-14)18(21,22)23/h3-8,17H,1-2H3. The molecule has 7 heteroatoms. The predicted molar refractivity (Wildman–Crippen MR) is 92.0 cm³/mol. The summed E-state index contributed by atoms with van der Waals surface area (Å²) in [4.78, 5) is 0. The topological polar surface area (TPSA) is 18.5 Å². The van der Waals surface area contributed by atoms with E-state index in [-0.39, 0.29) is 16.5 Å². The fourth-order valence-electron chi connectivity index (χ4n) is 2.35. The Morgan fingerprint density at radius 3 is 2.24 bits per heavy atom. The van der Waals surface area contributed by atoms with Crippen LogP contribution in [-0.4, -0.2) is 12.3 Å². The first kappa shape index (κ1) is 18.0. The Balaban J connectivity index is 1.95. The first-order valence-corrected chi connectivity index (χ1v) is 8.10. The molecule has 0 bridgehead atoms. The van der Waals surface area contributed by atoms with Crippen molar-refractivity contribution in [3.05, 3.63) is 57.1 Å². The van der Waals surface area contributed by atoms with Gasteiger partial charge in [0.25, 0.3) is 0 Å². The molecule has 2 aromatic carbocycles. The Bertz CT molecular complexity index is 860. The molecule has 0 saturated carbocycles. The van der Waals surface area contributed by atoms with Crippen LogP contribution in [0.5, 0.6) is 17.2 Å². The van der Waals surface area contributed by atoms with Gasteiger partial charge in [-0.3, -0.25) is 0 Å². The molecule has 0 radical (unpaired) electrons. The van der Waals surface area contributed by atoms with Gasteiger partial charge in [0.05, 0.1) is 10.0 Å². The Hall–Kier alpha value is -1.85. The zero-order valence-electron chi connectivity index (χ0n) is 13.2. The molecule has 3 rings (SSSR count). The Labute approximate surface area is 152 Å². The number of halogens is 5. The van der Waals surface area contributed by atoms with E-state index in [1.165, 1.54) is 18.2 Å². The molecule has 1 unspecified atom stereocenters.